The Bertz CT molecular complexity index is 954. The fourth-order valence-corrected chi connectivity index (χ4v) is 3.92. The van der Waals surface area contributed by atoms with E-state index in [-0.39, 0.29) is 11.2 Å². The van der Waals surface area contributed by atoms with Gasteiger partial charge in [-0.2, -0.15) is 0 Å². The lowest BCUT2D eigenvalue weighted by Gasteiger charge is -2.14. The Morgan fingerprint density at radius 1 is 1.18 bits per heavy atom. The van der Waals surface area contributed by atoms with Crippen LogP contribution >= 0.6 is 23.4 Å². The van der Waals surface area contributed by atoms with Crippen molar-refractivity contribution in [3.63, 3.8) is 0 Å². The van der Waals surface area contributed by atoms with Crippen molar-refractivity contribution in [2.24, 2.45) is 0 Å². The van der Waals surface area contributed by atoms with Gasteiger partial charge in [0.25, 0.3) is 0 Å². The molecule has 4 rings (SSSR count). The molecule has 0 bridgehead atoms. The number of hydrogen-bond acceptors (Lipinski definition) is 4. The number of carbonyl (C=O) groups excluding carboxylic acids is 1. The average Bonchev–Trinajstić information content (AvgIpc) is 3.48. The largest absolute Gasteiger partial charge is 0.325 e. The normalized spacial score (nSPS) is 14.6. The van der Waals surface area contributed by atoms with E-state index in [1.165, 1.54) is 17.3 Å². The van der Waals surface area contributed by atoms with E-state index in [0.717, 1.165) is 29.5 Å². The highest BCUT2D eigenvalue weighted by Gasteiger charge is 2.31. The summed E-state index contributed by atoms with van der Waals surface area (Å²) in [6.07, 6.45) is 2.31. The second-order valence-electron chi connectivity index (χ2n) is 6.94. The van der Waals surface area contributed by atoms with Crippen LogP contribution in [0.15, 0.2) is 59.8 Å². The van der Waals surface area contributed by atoms with E-state index < -0.39 is 0 Å². The molecule has 1 atom stereocenters. The molecule has 1 aliphatic rings. The smallest absolute Gasteiger partial charge is 0.237 e. The van der Waals surface area contributed by atoms with Gasteiger partial charge in [0, 0.05) is 16.6 Å². The van der Waals surface area contributed by atoms with E-state index in [9.17, 15) is 4.79 Å². The van der Waals surface area contributed by atoms with Crippen LogP contribution in [0.2, 0.25) is 5.02 Å². The number of halogens is 1. The van der Waals surface area contributed by atoms with Crippen LogP contribution < -0.4 is 5.32 Å². The molecule has 144 valence electrons. The van der Waals surface area contributed by atoms with Crippen LogP contribution in [0.3, 0.4) is 0 Å². The minimum absolute atomic E-state index is 0.0745. The maximum atomic E-state index is 12.6. The minimum Gasteiger partial charge on any atom is -0.325 e. The first-order chi connectivity index (χ1) is 13.6. The van der Waals surface area contributed by atoms with E-state index in [4.69, 9.17) is 11.6 Å². The van der Waals surface area contributed by atoms with Gasteiger partial charge in [-0.05, 0) is 49.6 Å². The second-order valence-corrected chi connectivity index (χ2v) is 8.69. The van der Waals surface area contributed by atoms with Crippen LogP contribution in [0.25, 0.3) is 0 Å². The first-order valence-electron chi connectivity index (χ1n) is 9.30. The summed E-state index contributed by atoms with van der Waals surface area (Å²) >= 11 is 7.34. The maximum Gasteiger partial charge on any atom is 0.237 e. The zero-order valence-electron chi connectivity index (χ0n) is 15.5. The molecule has 7 heteroatoms. The van der Waals surface area contributed by atoms with Crippen LogP contribution in [0, 0.1) is 0 Å². The van der Waals surface area contributed by atoms with Gasteiger partial charge in [0.05, 0.1) is 11.8 Å². The second kappa shape index (κ2) is 8.37. The zero-order chi connectivity index (χ0) is 19.5. The predicted molar refractivity (Wildman–Crippen MR) is 113 cm³/mol. The Morgan fingerprint density at radius 2 is 1.89 bits per heavy atom. The standard InChI is InChI=1S/C21H21ClN4OS/c1-14(20(27)23-18-11-9-17(22)10-12-18)28-21-25-24-19(16-7-8-16)26(21)13-15-5-3-2-4-6-15/h2-6,9-12,14,16H,7-8,13H2,1H3,(H,23,27). The van der Waals surface area contributed by atoms with Gasteiger partial charge in [0.1, 0.15) is 5.82 Å². The fraction of sp³-hybridized carbons (Fsp3) is 0.286. The lowest BCUT2D eigenvalue weighted by atomic mass is 10.2. The van der Waals surface area contributed by atoms with Crippen molar-refractivity contribution < 1.29 is 4.79 Å². The van der Waals surface area contributed by atoms with Crippen LogP contribution in [0.1, 0.15) is 37.1 Å². The summed E-state index contributed by atoms with van der Waals surface area (Å²) in [5, 5.41) is 12.9. The molecule has 0 spiro atoms. The van der Waals surface area contributed by atoms with E-state index in [1.54, 1.807) is 24.3 Å². The number of nitrogens with zero attached hydrogens (tertiary/aromatic N) is 3. The summed E-state index contributed by atoms with van der Waals surface area (Å²) in [6.45, 7) is 2.60. The Balaban J connectivity index is 1.49. The predicted octanol–water partition coefficient (Wildman–Crippen LogP) is 4.98. The summed E-state index contributed by atoms with van der Waals surface area (Å²) < 4.78 is 2.16. The lowest BCUT2D eigenvalue weighted by molar-refractivity contribution is -0.115. The van der Waals surface area contributed by atoms with Gasteiger partial charge in [-0.3, -0.25) is 4.79 Å². The van der Waals surface area contributed by atoms with Crippen molar-refractivity contribution in [3.05, 3.63) is 71.0 Å². The first kappa shape index (κ1) is 19.0. The highest BCUT2D eigenvalue weighted by molar-refractivity contribution is 8.00. The van der Waals surface area contributed by atoms with Crippen molar-refractivity contribution in [3.8, 4) is 0 Å². The third kappa shape index (κ3) is 4.56. The molecule has 0 radical (unpaired) electrons. The van der Waals surface area contributed by atoms with E-state index in [2.05, 4.69) is 32.2 Å². The van der Waals surface area contributed by atoms with Gasteiger partial charge in [0.15, 0.2) is 5.16 Å². The molecule has 1 heterocycles. The number of nitrogens with one attached hydrogen (secondary N) is 1. The third-order valence-electron chi connectivity index (χ3n) is 4.63. The number of anilines is 1. The van der Waals surface area contributed by atoms with Gasteiger partial charge in [-0.1, -0.05) is 53.7 Å². The van der Waals surface area contributed by atoms with E-state index in [1.807, 2.05) is 25.1 Å². The third-order valence-corrected chi connectivity index (χ3v) is 5.97. The number of benzene rings is 2. The number of aromatic nitrogens is 3. The molecule has 5 nitrogen and oxygen atoms in total. The van der Waals surface area contributed by atoms with Crippen molar-refractivity contribution in [1.82, 2.24) is 14.8 Å². The molecule has 1 fully saturated rings. The summed E-state index contributed by atoms with van der Waals surface area (Å²) in [5.74, 6) is 1.44. The Hall–Kier alpha value is -2.31. The van der Waals surface area contributed by atoms with Crippen LogP contribution in [-0.2, 0) is 11.3 Å². The monoisotopic (exact) mass is 412 g/mol. The molecule has 0 saturated heterocycles. The Labute approximate surface area is 173 Å². The van der Waals surface area contributed by atoms with Crippen molar-refractivity contribution >= 4 is 35.0 Å². The molecule has 3 aromatic rings. The average molecular weight is 413 g/mol. The quantitative estimate of drug-likeness (QED) is 0.556. The topological polar surface area (TPSA) is 59.8 Å². The summed E-state index contributed by atoms with van der Waals surface area (Å²) in [5.41, 5.74) is 1.93. The molecule has 28 heavy (non-hydrogen) atoms. The minimum atomic E-state index is -0.304. The van der Waals surface area contributed by atoms with E-state index in [0.29, 0.717) is 17.5 Å². The molecule has 1 N–H and O–H groups in total. The Morgan fingerprint density at radius 3 is 2.57 bits per heavy atom. The lowest BCUT2D eigenvalue weighted by Crippen LogP contribution is -2.23. The van der Waals surface area contributed by atoms with E-state index >= 15 is 0 Å². The van der Waals surface area contributed by atoms with Gasteiger partial charge in [0.2, 0.25) is 5.91 Å². The fourth-order valence-electron chi connectivity index (χ4n) is 2.93. The van der Waals surface area contributed by atoms with Gasteiger partial charge < -0.3 is 9.88 Å². The summed E-state index contributed by atoms with van der Waals surface area (Å²) in [4.78, 5) is 12.6. The molecule has 1 unspecified atom stereocenters. The number of carbonyl (C=O) groups is 1. The summed E-state index contributed by atoms with van der Waals surface area (Å²) in [7, 11) is 0. The number of amides is 1. The van der Waals surface area contributed by atoms with Crippen LogP contribution in [0.5, 0.6) is 0 Å². The highest BCUT2D eigenvalue weighted by Crippen LogP contribution is 2.40. The molecular weight excluding hydrogens is 392 g/mol. The van der Waals surface area contributed by atoms with Gasteiger partial charge in [-0.25, -0.2) is 0 Å². The number of rotatable bonds is 7. The molecule has 1 aliphatic carbocycles. The van der Waals surface area contributed by atoms with Gasteiger partial charge >= 0.3 is 0 Å². The molecule has 0 aliphatic heterocycles. The molecule has 1 aromatic heterocycles. The highest BCUT2D eigenvalue weighted by atomic mass is 35.5. The van der Waals surface area contributed by atoms with Crippen molar-refractivity contribution in [2.75, 3.05) is 5.32 Å². The zero-order valence-corrected chi connectivity index (χ0v) is 17.1. The Kier molecular flexibility index (Phi) is 5.69. The number of hydrogen-bond donors (Lipinski definition) is 1. The SMILES string of the molecule is CC(Sc1nnc(C2CC2)n1Cc1ccccc1)C(=O)Nc1ccc(Cl)cc1. The van der Waals surface area contributed by atoms with Crippen LogP contribution in [0.4, 0.5) is 5.69 Å². The maximum absolute atomic E-state index is 12.6. The molecule has 2 aromatic carbocycles. The molecule has 1 saturated carbocycles. The van der Waals surface area contributed by atoms with Crippen LogP contribution in [-0.4, -0.2) is 25.9 Å². The van der Waals surface area contributed by atoms with Gasteiger partial charge in [-0.15, -0.1) is 10.2 Å². The molecular formula is C21H21ClN4OS. The van der Waals surface area contributed by atoms with Crippen molar-refractivity contribution in [2.45, 2.75) is 42.6 Å². The molecule has 1 amide bonds. The first-order valence-corrected chi connectivity index (χ1v) is 10.6. The van der Waals surface area contributed by atoms with Crippen molar-refractivity contribution in [1.29, 1.82) is 0 Å². The number of thioether (sulfide) groups is 1. The summed E-state index contributed by atoms with van der Waals surface area (Å²) in [6, 6.07) is 17.4.